The quantitative estimate of drug-likeness (QED) is 0.667. The van der Waals surface area contributed by atoms with E-state index in [1.807, 2.05) is 0 Å². The molecule has 0 bridgehead atoms. The van der Waals surface area contributed by atoms with Crippen molar-refractivity contribution in [1.29, 1.82) is 0 Å². The molecule has 0 amide bonds. The molecule has 0 N–H and O–H groups in total. The molecule has 3 aromatic rings. The summed E-state index contributed by atoms with van der Waals surface area (Å²) < 4.78 is 15.4. The molecule has 0 aliphatic carbocycles. The fraction of sp³-hybridized carbons (Fsp3) is 0.133. The van der Waals surface area contributed by atoms with Gasteiger partial charge in [0.1, 0.15) is 5.82 Å². The van der Waals surface area contributed by atoms with Crippen LogP contribution in [0.5, 0.6) is 0 Å². The SMILES string of the molecule is [C-]#[N+]c1ccc(Cn2c(Cl)nc3cc(C)c(F)cc32)nc1. The second-order valence-electron chi connectivity index (χ2n) is 4.68. The average Bonchev–Trinajstić information content (AvgIpc) is 2.76. The van der Waals surface area contributed by atoms with Crippen molar-refractivity contribution in [2.24, 2.45) is 0 Å². The van der Waals surface area contributed by atoms with Crippen LogP contribution in [0.25, 0.3) is 15.9 Å². The van der Waals surface area contributed by atoms with Crippen LogP contribution in [0, 0.1) is 19.3 Å². The summed E-state index contributed by atoms with van der Waals surface area (Å²) in [4.78, 5) is 11.7. The van der Waals surface area contributed by atoms with E-state index in [4.69, 9.17) is 18.2 Å². The molecule has 3 rings (SSSR count). The minimum absolute atomic E-state index is 0.283. The summed E-state index contributed by atoms with van der Waals surface area (Å²) in [5.41, 5.74) is 3.01. The van der Waals surface area contributed by atoms with Crippen LogP contribution in [0.2, 0.25) is 5.28 Å². The molecule has 0 saturated heterocycles. The van der Waals surface area contributed by atoms with E-state index in [9.17, 15) is 4.39 Å². The smallest absolute Gasteiger partial charge is 0.205 e. The van der Waals surface area contributed by atoms with Gasteiger partial charge in [0.15, 0.2) is 0 Å². The summed E-state index contributed by atoms with van der Waals surface area (Å²) in [7, 11) is 0. The molecule has 0 spiro atoms. The third-order valence-corrected chi connectivity index (χ3v) is 3.53. The Kier molecular flexibility index (Phi) is 3.32. The van der Waals surface area contributed by atoms with Crippen molar-refractivity contribution in [3.8, 4) is 0 Å². The molecule has 0 saturated carbocycles. The number of hydrogen-bond acceptors (Lipinski definition) is 2. The van der Waals surface area contributed by atoms with Crippen molar-refractivity contribution >= 4 is 28.3 Å². The second-order valence-corrected chi connectivity index (χ2v) is 5.01. The van der Waals surface area contributed by atoms with Gasteiger partial charge in [-0.25, -0.2) is 14.2 Å². The van der Waals surface area contributed by atoms with Gasteiger partial charge in [-0.1, -0.05) is 6.07 Å². The first-order valence-electron chi connectivity index (χ1n) is 6.23. The molecule has 0 atom stereocenters. The zero-order valence-electron chi connectivity index (χ0n) is 11.1. The van der Waals surface area contributed by atoms with E-state index in [1.165, 1.54) is 12.3 Å². The van der Waals surface area contributed by atoms with Crippen molar-refractivity contribution in [2.75, 3.05) is 0 Å². The van der Waals surface area contributed by atoms with Crippen LogP contribution >= 0.6 is 11.6 Å². The number of nitrogens with zero attached hydrogens (tertiary/aromatic N) is 4. The minimum Gasteiger partial charge on any atom is -0.308 e. The number of aromatic nitrogens is 3. The summed E-state index contributed by atoms with van der Waals surface area (Å²) in [6, 6.07) is 6.53. The van der Waals surface area contributed by atoms with Gasteiger partial charge in [0, 0.05) is 12.3 Å². The van der Waals surface area contributed by atoms with Gasteiger partial charge < -0.3 is 4.57 Å². The molecule has 0 aliphatic heterocycles. The van der Waals surface area contributed by atoms with Crippen LogP contribution in [-0.4, -0.2) is 14.5 Å². The van der Waals surface area contributed by atoms with Crippen molar-refractivity contribution < 1.29 is 4.39 Å². The minimum atomic E-state index is -0.295. The zero-order valence-corrected chi connectivity index (χ0v) is 11.9. The van der Waals surface area contributed by atoms with Crippen molar-refractivity contribution in [3.05, 3.63) is 64.2 Å². The maximum Gasteiger partial charge on any atom is 0.205 e. The van der Waals surface area contributed by atoms with E-state index in [1.54, 1.807) is 29.7 Å². The standard InChI is InChI=1S/C15H10ClFN4/c1-9-5-13-14(6-12(9)17)21(15(16)20-13)8-11-4-3-10(18-2)7-19-11/h3-7H,8H2,1H3. The lowest BCUT2D eigenvalue weighted by Crippen LogP contribution is -2.01. The molecule has 2 aromatic heterocycles. The maximum absolute atomic E-state index is 13.7. The van der Waals surface area contributed by atoms with E-state index < -0.39 is 0 Å². The Hall–Kier alpha value is -2.45. The number of rotatable bonds is 2. The molecule has 0 aliphatic rings. The molecule has 2 heterocycles. The van der Waals surface area contributed by atoms with Crippen LogP contribution in [0.15, 0.2) is 30.5 Å². The van der Waals surface area contributed by atoms with Gasteiger partial charge in [-0.3, -0.25) is 4.98 Å². The number of fused-ring (bicyclic) bond motifs is 1. The fourth-order valence-corrected chi connectivity index (χ4v) is 2.35. The molecule has 0 unspecified atom stereocenters. The molecule has 6 heteroatoms. The molecule has 104 valence electrons. The van der Waals surface area contributed by atoms with Gasteiger partial charge >= 0.3 is 0 Å². The number of hydrogen-bond donors (Lipinski definition) is 0. The Balaban J connectivity index is 2.05. The highest BCUT2D eigenvalue weighted by Gasteiger charge is 2.12. The highest BCUT2D eigenvalue weighted by molar-refractivity contribution is 6.29. The normalized spacial score (nSPS) is 10.8. The molecule has 4 nitrogen and oxygen atoms in total. The number of imidazole rings is 1. The average molecular weight is 301 g/mol. The van der Waals surface area contributed by atoms with Gasteiger partial charge in [0.2, 0.25) is 11.0 Å². The molecule has 0 radical (unpaired) electrons. The van der Waals surface area contributed by atoms with Crippen LogP contribution in [0.4, 0.5) is 10.1 Å². The van der Waals surface area contributed by atoms with Gasteiger partial charge in [-0.15, -0.1) is 0 Å². The topological polar surface area (TPSA) is 35.1 Å². The van der Waals surface area contributed by atoms with E-state index in [2.05, 4.69) is 14.8 Å². The fourth-order valence-electron chi connectivity index (χ4n) is 2.11. The maximum atomic E-state index is 13.7. The van der Waals surface area contributed by atoms with Crippen LogP contribution < -0.4 is 0 Å². The summed E-state index contributed by atoms with van der Waals surface area (Å²) in [6.07, 6.45) is 1.50. The Morgan fingerprint density at radius 1 is 1.38 bits per heavy atom. The summed E-state index contributed by atoms with van der Waals surface area (Å²) in [5, 5.41) is 0.283. The van der Waals surface area contributed by atoms with Gasteiger partial charge in [-0.05, 0) is 36.2 Å². The highest BCUT2D eigenvalue weighted by atomic mass is 35.5. The number of aryl methyl sites for hydroxylation is 1. The third kappa shape index (κ3) is 2.46. The number of pyridine rings is 1. The zero-order chi connectivity index (χ0) is 15.0. The Bertz CT molecular complexity index is 862. The summed E-state index contributed by atoms with van der Waals surface area (Å²) >= 11 is 6.13. The first kappa shape index (κ1) is 13.5. The van der Waals surface area contributed by atoms with E-state index >= 15 is 0 Å². The predicted octanol–water partition coefficient (Wildman–Crippen LogP) is 4.13. The Labute approximate surface area is 125 Å². The lowest BCUT2D eigenvalue weighted by atomic mass is 10.2. The highest BCUT2D eigenvalue weighted by Crippen LogP contribution is 2.24. The largest absolute Gasteiger partial charge is 0.308 e. The van der Waals surface area contributed by atoms with Crippen molar-refractivity contribution in [2.45, 2.75) is 13.5 Å². The lowest BCUT2D eigenvalue weighted by molar-refractivity contribution is 0.619. The second kappa shape index (κ2) is 5.15. The number of halogens is 2. The third-order valence-electron chi connectivity index (χ3n) is 3.24. The predicted molar refractivity (Wildman–Crippen MR) is 79.0 cm³/mol. The molecular formula is C15H10ClFN4. The molecule has 0 fully saturated rings. The van der Waals surface area contributed by atoms with E-state index in [0.717, 1.165) is 5.69 Å². The summed E-state index contributed by atoms with van der Waals surface area (Å²) in [5.74, 6) is -0.295. The lowest BCUT2D eigenvalue weighted by Gasteiger charge is -2.06. The van der Waals surface area contributed by atoms with Gasteiger partial charge in [-0.2, -0.15) is 0 Å². The first-order valence-corrected chi connectivity index (χ1v) is 6.60. The summed E-state index contributed by atoms with van der Waals surface area (Å²) in [6.45, 7) is 8.96. The van der Waals surface area contributed by atoms with Crippen molar-refractivity contribution in [1.82, 2.24) is 14.5 Å². The van der Waals surface area contributed by atoms with Gasteiger partial charge in [0.25, 0.3) is 0 Å². The van der Waals surface area contributed by atoms with Crippen LogP contribution in [0.3, 0.4) is 0 Å². The van der Waals surface area contributed by atoms with Gasteiger partial charge in [0.05, 0.1) is 29.8 Å². The van der Waals surface area contributed by atoms with Crippen molar-refractivity contribution in [3.63, 3.8) is 0 Å². The van der Waals surface area contributed by atoms with Crippen LogP contribution in [0.1, 0.15) is 11.3 Å². The van der Waals surface area contributed by atoms with E-state index in [-0.39, 0.29) is 11.1 Å². The van der Waals surface area contributed by atoms with E-state index in [0.29, 0.717) is 28.8 Å². The Morgan fingerprint density at radius 3 is 2.86 bits per heavy atom. The number of benzene rings is 1. The molecule has 21 heavy (non-hydrogen) atoms. The monoisotopic (exact) mass is 300 g/mol. The first-order chi connectivity index (χ1) is 10.1. The molecular weight excluding hydrogens is 291 g/mol. The van der Waals surface area contributed by atoms with Crippen LogP contribution in [-0.2, 0) is 6.54 Å². The molecule has 1 aromatic carbocycles. The Morgan fingerprint density at radius 2 is 2.19 bits per heavy atom.